The van der Waals surface area contributed by atoms with Crippen molar-refractivity contribution in [3.05, 3.63) is 58.5 Å². The van der Waals surface area contributed by atoms with Crippen molar-refractivity contribution in [1.29, 1.82) is 5.26 Å². The summed E-state index contributed by atoms with van der Waals surface area (Å²) in [6, 6.07) is 9.69. The first-order valence-electron chi connectivity index (χ1n) is 9.16. The minimum atomic E-state index is -0.517. The lowest BCUT2D eigenvalue weighted by molar-refractivity contribution is -0.123. The number of halogens is 2. The topological polar surface area (TPSA) is 96.3 Å². The van der Waals surface area contributed by atoms with Crippen LogP contribution in [0.3, 0.4) is 0 Å². The zero-order valence-electron chi connectivity index (χ0n) is 15.5. The maximum absolute atomic E-state index is 13.9. The lowest BCUT2D eigenvalue weighted by atomic mass is 9.91. The number of nitrogens with one attached hydrogen (secondary N) is 2. The van der Waals surface area contributed by atoms with E-state index in [0.29, 0.717) is 18.7 Å². The molecule has 2 unspecified atom stereocenters. The van der Waals surface area contributed by atoms with Crippen LogP contribution in [0.4, 0.5) is 4.39 Å². The highest BCUT2D eigenvalue weighted by Crippen LogP contribution is 2.32. The Kier molecular flexibility index (Phi) is 7.36. The number of hydrogen-bond acceptors (Lipinski definition) is 6. The summed E-state index contributed by atoms with van der Waals surface area (Å²) in [5.74, 6) is -0.824. The molecule has 0 saturated carbocycles. The highest BCUT2D eigenvalue weighted by atomic mass is 35.5. The van der Waals surface area contributed by atoms with Crippen molar-refractivity contribution in [2.45, 2.75) is 18.9 Å². The number of amides is 1. The normalized spacial score (nSPS) is 19.1. The zero-order valence-corrected chi connectivity index (χ0v) is 16.3. The Labute approximate surface area is 172 Å². The van der Waals surface area contributed by atoms with Crippen LogP contribution in [0.2, 0.25) is 5.02 Å². The van der Waals surface area contributed by atoms with Crippen molar-refractivity contribution in [2.75, 3.05) is 19.7 Å². The Morgan fingerprint density at radius 1 is 1.48 bits per heavy atom. The molecule has 1 fully saturated rings. The number of ether oxygens (including phenoxy) is 1. The van der Waals surface area contributed by atoms with Crippen molar-refractivity contribution >= 4 is 17.5 Å². The van der Waals surface area contributed by atoms with Gasteiger partial charge in [0.05, 0.1) is 5.02 Å². The van der Waals surface area contributed by atoms with Gasteiger partial charge in [-0.1, -0.05) is 17.7 Å². The van der Waals surface area contributed by atoms with Gasteiger partial charge in [0, 0.05) is 25.2 Å². The molecule has 1 amide bonds. The van der Waals surface area contributed by atoms with Crippen LogP contribution in [0.25, 0.3) is 0 Å². The average molecular weight is 419 g/mol. The first-order chi connectivity index (χ1) is 14.1. The number of nitriles is 1. The highest BCUT2D eigenvalue weighted by molar-refractivity contribution is 6.30. The summed E-state index contributed by atoms with van der Waals surface area (Å²) >= 11 is 5.77. The van der Waals surface area contributed by atoms with Gasteiger partial charge in [-0.15, -0.1) is 0 Å². The Balaban J connectivity index is 1.60. The van der Waals surface area contributed by atoms with Gasteiger partial charge >= 0.3 is 0 Å². The quantitative estimate of drug-likeness (QED) is 0.748. The lowest BCUT2D eigenvalue weighted by Gasteiger charge is -2.25. The molecule has 1 aromatic carbocycles. The molecule has 2 heterocycles. The number of aromatic nitrogens is 1. The van der Waals surface area contributed by atoms with E-state index >= 15 is 0 Å². The van der Waals surface area contributed by atoms with Gasteiger partial charge in [0.25, 0.3) is 5.91 Å². The molecule has 2 atom stereocenters. The molecule has 2 aromatic rings. The van der Waals surface area contributed by atoms with Gasteiger partial charge < -0.3 is 10.1 Å². The van der Waals surface area contributed by atoms with Gasteiger partial charge in [0.15, 0.2) is 6.61 Å². The van der Waals surface area contributed by atoms with E-state index in [9.17, 15) is 9.18 Å². The van der Waals surface area contributed by atoms with E-state index in [1.54, 1.807) is 18.2 Å². The van der Waals surface area contributed by atoms with Crippen LogP contribution in [0.1, 0.15) is 30.1 Å². The van der Waals surface area contributed by atoms with Crippen molar-refractivity contribution < 1.29 is 18.8 Å². The molecule has 1 aliphatic heterocycles. The van der Waals surface area contributed by atoms with Gasteiger partial charge in [0.1, 0.15) is 23.6 Å². The zero-order chi connectivity index (χ0) is 20.6. The number of pyridine rings is 1. The molecule has 1 aliphatic rings. The van der Waals surface area contributed by atoms with Crippen LogP contribution < -0.4 is 15.5 Å². The monoisotopic (exact) mass is 418 g/mol. The van der Waals surface area contributed by atoms with E-state index in [0.717, 1.165) is 12.8 Å². The number of hydroxylamine groups is 1. The van der Waals surface area contributed by atoms with Gasteiger partial charge in [-0.25, -0.2) is 14.9 Å². The first kappa shape index (κ1) is 21.0. The van der Waals surface area contributed by atoms with Crippen LogP contribution in [-0.4, -0.2) is 30.6 Å². The molecule has 1 aromatic heterocycles. The summed E-state index contributed by atoms with van der Waals surface area (Å²) < 4.78 is 19.2. The molecule has 0 bridgehead atoms. The summed E-state index contributed by atoms with van der Waals surface area (Å²) in [4.78, 5) is 21.9. The Bertz CT molecular complexity index is 906. The summed E-state index contributed by atoms with van der Waals surface area (Å²) in [7, 11) is 0. The molecular weight excluding hydrogens is 399 g/mol. The number of nitrogens with zero attached hydrogens (tertiary/aromatic N) is 2. The van der Waals surface area contributed by atoms with Crippen LogP contribution in [0.15, 0.2) is 36.5 Å². The third-order valence-electron chi connectivity index (χ3n) is 4.56. The Morgan fingerprint density at radius 3 is 3.14 bits per heavy atom. The van der Waals surface area contributed by atoms with E-state index in [-0.39, 0.29) is 34.9 Å². The minimum Gasteiger partial charge on any atom is -0.467 e. The van der Waals surface area contributed by atoms with Gasteiger partial charge in [-0.3, -0.25) is 9.63 Å². The Hall–Kier alpha value is -2.73. The molecule has 9 heteroatoms. The fourth-order valence-electron chi connectivity index (χ4n) is 3.09. The predicted octanol–water partition coefficient (Wildman–Crippen LogP) is 2.91. The molecule has 3 rings (SSSR count). The van der Waals surface area contributed by atoms with Crippen molar-refractivity contribution in [2.24, 2.45) is 5.92 Å². The van der Waals surface area contributed by atoms with Crippen LogP contribution in [0.5, 0.6) is 5.88 Å². The molecule has 152 valence electrons. The second kappa shape index (κ2) is 10.2. The standard InChI is InChI=1S/C20H20ClFN4O3/c21-16-6-5-13(9-17(16)22)19-15(4-2-8-26-29-19)11-25-18(27)12-28-20-14(10-23)3-1-7-24-20/h1,3,5-7,9,15,19,26H,2,4,8,11-12H2,(H,25,27). The van der Waals surface area contributed by atoms with Gasteiger partial charge in [-0.05, 0) is 42.7 Å². The van der Waals surface area contributed by atoms with E-state index < -0.39 is 11.9 Å². The summed E-state index contributed by atoms with van der Waals surface area (Å²) in [5.41, 5.74) is 3.78. The smallest absolute Gasteiger partial charge is 0.258 e. The third kappa shape index (κ3) is 5.64. The molecule has 2 N–H and O–H groups in total. The van der Waals surface area contributed by atoms with E-state index in [1.165, 1.54) is 18.3 Å². The fourth-order valence-corrected chi connectivity index (χ4v) is 3.21. The molecule has 7 nitrogen and oxygen atoms in total. The molecule has 0 spiro atoms. The second-order valence-corrected chi connectivity index (χ2v) is 6.98. The second-order valence-electron chi connectivity index (χ2n) is 6.57. The van der Waals surface area contributed by atoms with Gasteiger partial charge in [0.2, 0.25) is 5.88 Å². The van der Waals surface area contributed by atoms with Crippen molar-refractivity contribution in [1.82, 2.24) is 15.8 Å². The third-order valence-corrected chi connectivity index (χ3v) is 4.86. The summed E-state index contributed by atoms with van der Waals surface area (Å²) in [6.07, 6.45) is 2.68. The largest absolute Gasteiger partial charge is 0.467 e. The Morgan fingerprint density at radius 2 is 2.34 bits per heavy atom. The van der Waals surface area contributed by atoms with Crippen LogP contribution in [0, 0.1) is 23.1 Å². The lowest BCUT2D eigenvalue weighted by Crippen LogP contribution is -2.35. The summed E-state index contributed by atoms with van der Waals surface area (Å²) in [5, 5.41) is 11.9. The predicted molar refractivity (Wildman–Crippen MR) is 103 cm³/mol. The summed E-state index contributed by atoms with van der Waals surface area (Å²) in [6.45, 7) is 0.723. The maximum Gasteiger partial charge on any atom is 0.258 e. The average Bonchev–Trinajstić information content (AvgIpc) is 2.98. The van der Waals surface area contributed by atoms with Crippen LogP contribution in [-0.2, 0) is 9.63 Å². The van der Waals surface area contributed by atoms with E-state index in [2.05, 4.69) is 15.8 Å². The van der Waals surface area contributed by atoms with Crippen molar-refractivity contribution in [3.8, 4) is 11.9 Å². The SMILES string of the molecule is N#Cc1cccnc1OCC(=O)NCC1CCCNOC1c1ccc(Cl)c(F)c1. The minimum absolute atomic E-state index is 0.0450. The molecule has 0 aliphatic carbocycles. The van der Waals surface area contributed by atoms with E-state index in [4.69, 9.17) is 26.4 Å². The first-order valence-corrected chi connectivity index (χ1v) is 9.54. The van der Waals surface area contributed by atoms with Gasteiger partial charge in [-0.2, -0.15) is 5.26 Å². The maximum atomic E-state index is 13.9. The van der Waals surface area contributed by atoms with Crippen molar-refractivity contribution in [3.63, 3.8) is 0 Å². The molecule has 0 radical (unpaired) electrons. The molecule has 29 heavy (non-hydrogen) atoms. The molecular formula is C20H20ClFN4O3. The molecule has 1 saturated heterocycles. The highest BCUT2D eigenvalue weighted by Gasteiger charge is 2.27. The number of rotatable bonds is 6. The van der Waals surface area contributed by atoms with E-state index in [1.807, 2.05) is 6.07 Å². The number of benzene rings is 1. The van der Waals surface area contributed by atoms with Crippen LogP contribution >= 0.6 is 11.6 Å². The number of hydrogen-bond donors (Lipinski definition) is 2. The number of carbonyl (C=O) groups excluding carboxylic acids is 1. The number of carbonyl (C=O) groups is 1. The fraction of sp³-hybridized carbons (Fsp3) is 0.350.